The molecular weight excluding hydrogens is 224 g/mol. The van der Waals surface area contributed by atoms with E-state index in [1.54, 1.807) is 0 Å². The van der Waals surface area contributed by atoms with Crippen molar-refractivity contribution in [1.82, 2.24) is 10.6 Å². The van der Waals surface area contributed by atoms with Gasteiger partial charge in [-0.1, -0.05) is 50.6 Å². The van der Waals surface area contributed by atoms with Crippen molar-refractivity contribution >= 4 is 6.03 Å². The van der Waals surface area contributed by atoms with E-state index in [-0.39, 0.29) is 11.4 Å². The summed E-state index contributed by atoms with van der Waals surface area (Å²) in [6.45, 7) is 9.74. The van der Waals surface area contributed by atoms with Crippen LogP contribution in [0.5, 0.6) is 0 Å². The second-order valence-electron chi connectivity index (χ2n) is 5.36. The van der Waals surface area contributed by atoms with E-state index in [0.717, 1.165) is 13.0 Å². The van der Waals surface area contributed by atoms with E-state index in [2.05, 4.69) is 55.7 Å². The van der Waals surface area contributed by atoms with Crippen molar-refractivity contribution in [2.45, 2.75) is 39.5 Å². The molecule has 0 atom stereocenters. The minimum absolute atomic E-state index is 0.0583. The van der Waals surface area contributed by atoms with Crippen LogP contribution < -0.4 is 10.6 Å². The lowest BCUT2D eigenvalue weighted by Gasteiger charge is -2.26. The summed E-state index contributed by atoms with van der Waals surface area (Å²) in [4.78, 5) is 11.5. The average Bonchev–Trinajstić information content (AvgIpc) is 2.34. The third-order valence-electron chi connectivity index (χ3n) is 3.06. The van der Waals surface area contributed by atoms with Crippen LogP contribution in [0.3, 0.4) is 0 Å². The molecule has 0 bridgehead atoms. The third kappa shape index (κ3) is 4.40. The van der Waals surface area contributed by atoms with Gasteiger partial charge in [-0.2, -0.15) is 0 Å². The first-order valence-corrected chi connectivity index (χ1v) is 6.54. The van der Waals surface area contributed by atoms with Gasteiger partial charge in [-0.3, -0.25) is 0 Å². The van der Waals surface area contributed by atoms with Gasteiger partial charge in [0.15, 0.2) is 0 Å². The Morgan fingerprint density at radius 3 is 2.33 bits per heavy atom. The van der Waals surface area contributed by atoms with Gasteiger partial charge in [0, 0.05) is 18.5 Å². The molecule has 18 heavy (non-hydrogen) atoms. The highest BCUT2D eigenvalue weighted by molar-refractivity contribution is 5.73. The van der Waals surface area contributed by atoms with Crippen LogP contribution in [0.1, 0.15) is 38.3 Å². The topological polar surface area (TPSA) is 41.1 Å². The maximum absolute atomic E-state index is 11.5. The van der Waals surface area contributed by atoms with Gasteiger partial charge in [0.1, 0.15) is 0 Å². The molecule has 100 valence electrons. The Labute approximate surface area is 110 Å². The first-order chi connectivity index (χ1) is 8.45. The first kappa shape index (κ1) is 14.6. The van der Waals surface area contributed by atoms with Crippen molar-refractivity contribution in [2.75, 3.05) is 13.1 Å². The molecule has 0 spiro atoms. The van der Waals surface area contributed by atoms with Gasteiger partial charge in [0.05, 0.1) is 0 Å². The fraction of sp³-hybridized carbons (Fsp3) is 0.533. The molecule has 2 N–H and O–H groups in total. The molecule has 0 aliphatic rings. The Morgan fingerprint density at radius 1 is 1.17 bits per heavy atom. The molecule has 0 aliphatic carbocycles. The van der Waals surface area contributed by atoms with Crippen LogP contribution in [0.2, 0.25) is 0 Å². The highest BCUT2D eigenvalue weighted by Crippen LogP contribution is 2.22. The summed E-state index contributed by atoms with van der Waals surface area (Å²) in [7, 11) is 0. The molecule has 2 amide bonds. The highest BCUT2D eigenvalue weighted by Gasteiger charge is 2.20. The fourth-order valence-electron chi connectivity index (χ4n) is 1.71. The van der Waals surface area contributed by atoms with Crippen molar-refractivity contribution < 1.29 is 4.79 Å². The van der Waals surface area contributed by atoms with E-state index in [9.17, 15) is 4.79 Å². The smallest absolute Gasteiger partial charge is 0.314 e. The van der Waals surface area contributed by atoms with Gasteiger partial charge in [-0.15, -0.1) is 0 Å². The lowest BCUT2D eigenvalue weighted by atomic mass is 9.84. The molecule has 3 heteroatoms. The number of amides is 2. The predicted octanol–water partition coefficient (Wildman–Crippen LogP) is 2.98. The number of hydrogen-bond donors (Lipinski definition) is 2. The second-order valence-corrected chi connectivity index (χ2v) is 5.36. The maximum Gasteiger partial charge on any atom is 0.314 e. The summed E-state index contributed by atoms with van der Waals surface area (Å²) < 4.78 is 0. The Kier molecular flexibility index (Phi) is 5.20. The zero-order valence-corrected chi connectivity index (χ0v) is 11.8. The van der Waals surface area contributed by atoms with Crippen molar-refractivity contribution in [3.05, 3.63) is 35.4 Å². The van der Waals surface area contributed by atoms with Gasteiger partial charge >= 0.3 is 6.03 Å². The van der Waals surface area contributed by atoms with E-state index in [0.29, 0.717) is 6.54 Å². The molecule has 0 fully saturated rings. The van der Waals surface area contributed by atoms with E-state index < -0.39 is 0 Å². The van der Waals surface area contributed by atoms with Gasteiger partial charge in [-0.25, -0.2) is 4.79 Å². The summed E-state index contributed by atoms with van der Waals surface area (Å²) in [6, 6.07) is 8.38. The van der Waals surface area contributed by atoms with Gasteiger partial charge in [0.25, 0.3) is 0 Å². The summed E-state index contributed by atoms with van der Waals surface area (Å²) in [5.74, 6) is 0. The van der Waals surface area contributed by atoms with Gasteiger partial charge in [0.2, 0.25) is 0 Å². The zero-order valence-electron chi connectivity index (χ0n) is 11.8. The number of rotatable bonds is 5. The minimum atomic E-state index is -0.0861. The molecule has 1 aromatic rings. The van der Waals surface area contributed by atoms with E-state index in [1.807, 2.05) is 6.92 Å². The normalized spacial score (nSPS) is 11.1. The standard InChI is InChI=1S/C15H24N2O/c1-5-10-16-14(18)17-11-15(3,4)13-8-6-12(2)7-9-13/h6-9H,5,10-11H2,1-4H3,(H2,16,17,18). The van der Waals surface area contributed by atoms with Crippen LogP contribution in [-0.2, 0) is 5.41 Å². The molecule has 0 heterocycles. The molecule has 1 aromatic carbocycles. The Morgan fingerprint density at radius 2 is 1.78 bits per heavy atom. The second kappa shape index (κ2) is 6.43. The van der Waals surface area contributed by atoms with Crippen LogP contribution in [0.15, 0.2) is 24.3 Å². The van der Waals surface area contributed by atoms with Crippen molar-refractivity contribution in [3.63, 3.8) is 0 Å². The Bertz CT molecular complexity index is 382. The minimum Gasteiger partial charge on any atom is -0.338 e. The van der Waals surface area contributed by atoms with Crippen LogP contribution >= 0.6 is 0 Å². The number of hydrogen-bond acceptors (Lipinski definition) is 1. The van der Waals surface area contributed by atoms with E-state index in [4.69, 9.17) is 0 Å². The molecule has 0 unspecified atom stereocenters. The number of carbonyl (C=O) groups excluding carboxylic acids is 1. The molecule has 0 saturated heterocycles. The number of nitrogens with one attached hydrogen (secondary N) is 2. The summed E-state index contributed by atoms with van der Waals surface area (Å²) in [6.07, 6.45) is 0.953. The largest absolute Gasteiger partial charge is 0.338 e. The maximum atomic E-state index is 11.5. The molecule has 0 aliphatic heterocycles. The van der Waals surface area contributed by atoms with Crippen molar-refractivity contribution in [1.29, 1.82) is 0 Å². The van der Waals surface area contributed by atoms with Crippen LogP contribution in [0.4, 0.5) is 4.79 Å². The molecule has 0 radical (unpaired) electrons. The van der Waals surface area contributed by atoms with E-state index in [1.165, 1.54) is 11.1 Å². The lowest BCUT2D eigenvalue weighted by Crippen LogP contribution is -2.42. The number of urea groups is 1. The molecule has 3 nitrogen and oxygen atoms in total. The van der Waals surface area contributed by atoms with Crippen LogP contribution in [0.25, 0.3) is 0 Å². The summed E-state index contributed by atoms with van der Waals surface area (Å²) in [5.41, 5.74) is 2.43. The monoisotopic (exact) mass is 248 g/mol. The third-order valence-corrected chi connectivity index (χ3v) is 3.06. The molecular formula is C15H24N2O. The Hall–Kier alpha value is -1.51. The highest BCUT2D eigenvalue weighted by atomic mass is 16.2. The predicted molar refractivity (Wildman–Crippen MR) is 75.9 cm³/mol. The fourth-order valence-corrected chi connectivity index (χ4v) is 1.71. The number of carbonyl (C=O) groups is 1. The summed E-state index contributed by atoms with van der Waals surface area (Å²) in [5, 5.41) is 5.74. The van der Waals surface area contributed by atoms with Gasteiger partial charge < -0.3 is 10.6 Å². The van der Waals surface area contributed by atoms with Crippen LogP contribution in [0, 0.1) is 6.92 Å². The van der Waals surface area contributed by atoms with Gasteiger partial charge in [-0.05, 0) is 18.9 Å². The SMILES string of the molecule is CCCNC(=O)NCC(C)(C)c1ccc(C)cc1. The quantitative estimate of drug-likeness (QED) is 0.826. The van der Waals surface area contributed by atoms with Crippen LogP contribution in [-0.4, -0.2) is 19.1 Å². The first-order valence-electron chi connectivity index (χ1n) is 6.54. The molecule has 1 rings (SSSR count). The molecule has 0 saturated carbocycles. The van der Waals surface area contributed by atoms with Crippen molar-refractivity contribution in [3.8, 4) is 0 Å². The summed E-state index contributed by atoms with van der Waals surface area (Å²) >= 11 is 0. The number of benzene rings is 1. The Balaban J connectivity index is 2.54. The van der Waals surface area contributed by atoms with E-state index >= 15 is 0 Å². The van der Waals surface area contributed by atoms with Crippen molar-refractivity contribution in [2.24, 2.45) is 0 Å². The molecule has 0 aromatic heterocycles. The number of aryl methyl sites for hydroxylation is 1. The zero-order chi connectivity index (χ0) is 13.6. The lowest BCUT2D eigenvalue weighted by molar-refractivity contribution is 0.238. The average molecular weight is 248 g/mol.